The van der Waals surface area contributed by atoms with Gasteiger partial charge in [0.25, 0.3) is 0 Å². The van der Waals surface area contributed by atoms with E-state index >= 15 is 0 Å². The van der Waals surface area contributed by atoms with Gasteiger partial charge in [-0.3, -0.25) is 4.90 Å². The van der Waals surface area contributed by atoms with Crippen LogP contribution in [0, 0.1) is 0 Å². The van der Waals surface area contributed by atoms with Crippen LogP contribution in [0.1, 0.15) is 12.5 Å². The van der Waals surface area contributed by atoms with Crippen molar-refractivity contribution in [1.29, 1.82) is 0 Å². The molecule has 1 aromatic carbocycles. The van der Waals surface area contributed by atoms with Crippen LogP contribution in [0.25, 0.3) is 0 Å². The summed E-state index contributed by atoms with van der Waals surface area (Å²) in [5, 5.41) is 0. The van der Waals surface area contributed by atoms with Crippen LogP contribution in [0.5, 0.6) is 11.5 Å². The monoisotopic (exact) mass is 296 g/mol. The number of methoxy groups -OCH3 is 3. The minimum Gasteiger partial charge on any atom is -0.493 e. The van der Waals surface area contributed by atoms with Gasteiger partial charge < -0.3 is 19.9 Å². The molecule has 0 saturated heterocycles. The predicted molar refractivity (Wildman–Crippen MR) is 85.2 cm³/mol. The van der Waals surface area contributed by atoms with Gasteiger partial charge in [-0.15, -0.1) is 0 Å². The molecule has 1 rings (SSSR count). The van der Waals surface area contributed by atoms with Crippen molar-refractivity contribution in [3.8, 4) is 11.5 Å². The Labute approximate surface area is 128 Å². The molecule has 0 spiro atoms. The average molecular weight is 296 g/mol. The van der Waals surface area contributed by atoms with Gasteiger partial charge >= 0.3 is 0 Å². The summed E-state index contributed by atoms with van der Waals surface area (Å²) in [5.41, 5.74) is 7.06. The van der Waals surface area contributed by atoms with E-state index in [-0.39, 0.29) is 5.54 Å². The van der Waals surface area contributed by atoms with E-state index in [1.807, 2.05) is 12.1 Å². The van der Waals surface area contributed by atoms with E-state index in [0.29, 0.717) is 13.2 Å². The second-order valence-electron chi connectivity index (χ2n) is 5.48. The summed E-state index contributed by atoms with van der Waals surface area (Å²) in [4.78, 5) is 2.24. The molecule has 0 fully saturated rings. The smallest absolute Gasteiger partial charge is 0.160 e. The van der Waals surface area contributed by atoms with Crippen molar-refractivity contribution in [2.45, 2.75) is 18.9 Å². The Bertz CT molecular complexity index is 440. The van der Waals surface area contributed by atoms with E-state index < -0.39 is 0 Å². The molecule has 1 unspecified atom stereocenters. The Morgan fingerprint density at radius 3 is 2.33 bits per heavy atom. The molecule has 2 N–H and O–H groups in total. The molecule has 0 aliphatic heterocycles. The van der Waals surface area contributed by atoms with Crippen LogP contribution >= 0.6 is 0 Å². The second-order valence-corrected chi connectivity index (χ2v) is 5.48. The molecule has 5 heteroatoms. The van der Waals surface area contributed by atoms with Gasteiger partial charge in [0.1, 0.15) is 0 Å². The molecule has 1 aromatic rings. The van der Waals surface area contributed by atoms with Gasteiger partial charge in [-0.05, 0) is 38.1 Å². The highest BCUT2D eigenvalue weighted by Crippen LogP contribution is 2.29. The molecule has 120 valence electrons. The van der Waals surface area contributed by atoms with E-state index in [4.69, 9.17) is 19.9 Å². The molecule has 0 aromatic heterocycles. The maximum Gasteiger partial charge on any atom is 0.160 e. The Morgan fingerprint density at radius 2 is 1.81 bits per heavy atom. The number of benzene rings is 1. The highest BCUT2D eigenvalue weighted by Gasteiger charge is 2.28. The third-order valence-corrected chi connectivity index (χ3v) is 4.03. The van der Waals surface area contributed by atoms with E-state index in [0.717, 1.165) is 24.5 Å². The average Bonchev–Trinajstić information content (AvgIpc) is 2.52. The molecule has 0 radical (unpaired) electrons. The van der Waals surface area contributed by atoms with Crippen molar-refractivity contribution >= 4 is 0 Å². The van der Waals surface area contributed by atoms with Crippen molar-refractivity contribution in [3.63, 3.8) is 0 Å². The second kappa shape index (κ2) is 8.22. The number of hydrogen-bond acceptors (Lipinski definition) is 5. The number of nitrogens with zero attached hydrogens (tertiary/aromatic N) is 1. The van der Waals surface area contributed by atoms with Crippen LogP contribution in [0.4, 0.5) is 0 Å². The molecule has 0 bridgehead atoms. The summed E-state index contributed by atoms with van der Waals surface area (Å²) in [6.07, 6.45) is 0.837. The first-order valence-electron chi connectivity index (χ1n) is 7.12. The molecule has 1 atom stereocenters. The Morgan fingerprint density at radius 1 is 1.14 bits per heavy atom. The van der Waals surface area contributed by atoms with Crippen LogP contribution in [0.3, 0.4) is 0 Å². The Hall–Kier alpha value is -1.30. The van der Waals surface area contributed by atoms with Gasteiger partial charge in [-0.25, -0.2) is 0 Å². The number of likely N-dealkylation sites (N-methyl/N-ethyl adjacent to an activating group) is 1. The van der Waals surface area contributed by atoms with Gasteiger partial charge in [0.2, 0.25) is 0 Å². The summed E-state index contributed by atoms with van der Waals surface area (Å²) in [6.45, 7) is 4.27. The third kappa shape index (κ3) is 4.59. The first-order chi connectivity index (χ1) is 10.0. The predicted octanol–water partition coefficient (Wildman–Crippen LogP) is 1.54. The van der Waals surface area contributed by atoms with Crippen LogP contribution in [0.2, 0.25) is 0 Å². The van der Waals surface area contributed by atoms with Gasteiger partial charge in [0, 0.05) is 25.7 Å². The largest absolute Gasteiger partial charge is 0.493 e. The lowest BCUT2D eigenvalue weighted by Gasteiger charge is -2.38. The minimum atomic E-state index is -0.127. The quantitative estimate of drug-likeness (QED) is 0.749. The Balaban J connectivity index is 2.89. The standard InChI is InChI=1S/C16H28N2O3/c1-16(12-17,18(2)8-9-19-3)11-13-6-7-14(20-4)15(10-13)21-5/h6-7,10H,8-9,11-12,17H2,1-5H3. The number of rotatable bonds is 9. The number of nitrogens with two attached hydrogens (primary N) is 1. The molecule has 5 nitrogen and oxygen atoms in total. The van der Waals surface area contributed by atoms with Crippen LogP contribution in [-0.2, 0) is 11.2 Å². The fraction of sp³-hybridized carbons (Fsp3) is 0.625. The van der Waals surface area contributed by atoms with Gasteiger partial charge in [-0.1, -0.05) is 6.07 Å². The molecular weight excluding hydrogens is 268 g/mol. The summed E-state index contributed by atoms with van der Waals surface area (Å²) >= 11 is 0. The lowest BCUT2D eigenvalue weighted by molar-refractivity contribution is 0.0941. The first kappa shape index (κ1) is 17.8. The lowest BCUT2D eigenvalue weighted by atomic mass is 9.91. The van der Waals surface area contributed by atoms with Crippen LogP contribution in [-0.4, -0.2) is 58.5 Å². The molecular formula is C16H28N2O3. The Kier molecular flexibility index (Phi) is 6.95. The molecule has 0 aliphatic carbocycles. The molecule has 21 heavy (non-hydrogen) atoms. The van der Waals surface area contributed by atoms with Gasteiger partial charge in [-0.2, -0.15) is 0 Å². The van der Waals surface area contributed by atoms with E-state index in [1.165, 1.54) is 5.56 Å². The van der Waals surface area contributed by atoms with Crippen LogP contribution < -0.4 is 15.2 Å². The maximum absolute atomic E-state index is 6.02. The van der Waals surface area contributed by atoms with E-state index in [9.17, 15) is 0 Å². The highest BCUT2D eigenvalue weighted by molar-refractivity contribution is 5.43. The van der Waals surface area contributed by atoms with Gasteiger partial charge in [0.15, 0.2) is 11.5 Å². The minimum absolute atomic E-state index is 0.127. The zero-order valence-corrected chi connectivity index (χ0v) is 13.8. The zero-order valence-electron chi connectivity index (χ0n) is 13.8. The molecule has 0 heterocycles. The van der Waals surface area contributed by atoms with Crippen molar-refractivity contribution in [1.82, 2.24) is 4.90 Å². The fourth-order valence-corrected chi connectivity index (χ4v) is 2.29. The summed E-state index contributed by atoms with van der Waals surface area (Å²) < 4.78 is 15.8. The first-order valence-corrected chi connectivity index (χ1v) is 7.12. The third-order valence-electron chi connectivity index (χ3n) is 4.03. The SMILES string of the molecule is COCCN(C)C(C)(CN)Cc1ccc(OC)c(OC)c1. The normalized spacial score (nSPS) is 14.0. The highest BCUT2D eigenvalue weighted by atomic mass is 16.5. The summed E-state index contributed by atoms with van der Waals surface area (Å²) in [7, 11) is 7.07. The summed E-state index contributed by atoms with van der Waals surface area (Å²) in [5.74, 6) is 1.48. The maximum atomic E-state index is 6.02. The fourth-order valence-electron chi connectivity index (χ4n) is 2.29. The van der Waals surface area contributed by atoms with Gasteiger partial charge in [0.05, 0.1) is 20.8 Å². The summed E-state index contributed by atoms with van der Waals surface area (Å²) in [6, 6.07) is 6.00. The van der Waals surface area contributed by atoms with Crippen molar-refractivity contribution in [3.05, 3.63) is 23.8 Å². The lowest BCUT2D eigenvalue weighted by Crippen LogP contribution is -2.52. The van der Waals surface area contributed by atoms with Crippen molar-refractivity contribution in [2.75, 3.05) is 48.1 Å². The topological polar surface area (TPSA) is 57.0 Å². The molecule has 0 amide bonds. The van der Waals surface area contributed by atoms with Crippen molar-refractivity contribution < 1.29 is 14.2 Å². The van der Waals surface area contributed by atoms with Crippen molar-refractivity contribution in [2.24, 2.45) is 5.73 Å². The number of hydrogen-bond donors (Lipinski definition) is 1. The van der Waals surface area contributed by atoms with E-state index in [2.05, 4.69) is 24.9 Å². The molecule has 0 saturated carbocycles. The van der Waals surface area contributed by atoms with E-state index in [1.54, 1.807) is 21.3 Å². The number of ether oxygens (including phenoxy) is 3. The zero-order chi connectivity index (χ0) is 15.9. The molecule has 0 aliphatic rings. The van der Waals surface area contributed by atoms with Crippen LogP contribution in [0.15, 0.2) is 18.2 Å².